The van der Waals surface area contributed by atoms with Crippen molar-refractivity contribution in [2.24, 2.45) is 0 Å². The number of halogens is 2. The van der Waals surface area contributed by atoms with Crippen LogP contribution in [0.4, 0.5) is 14.5 Å². The van der Waals surface area contributed by atoms with Crippen LogP contribution in [0.3, 0.4) is 0 Å². The normalized spacial score (nSPS) is 10.9. The van der Waals surface area contributed by atoms with E-state index in [1.165, 1.54) is 47.1 Å². The van der Waals surface area contributed by atoms with E-state index in [-0.39, 0.29) is 5.69 Å². The molecule has 0 aliphatic rings. The highest BCUT2D eigenvalue weighted by atomic mass is 19.1. The third-order valence-corrected chi connectivity index (χ3v) is 4.51. The van der Waals surface area contributed by atoms with Gasteiger partial charge in [0.15, 0.2) is 5.69 Å². The summed E-state index contributed by atoms with van der Waals surface area (Å²) in [5.74, 6) is -1.56. The average Bonchev–Trinajstić information content (AvgIpc) is 2.71. The summed E-state index contributed by atoms with van der Waals surface area (Å²) in [6.07, 6.45) is 0. The lowest BCUT2D eigenvalue weighted by atomic mass is 10.1. The summed E-state index contributed by atoms with van der Waals surface area (Å²) >= 11 is 0. The van der Waals surface area contributed by atoms with Gasteiger partial charge in [-0.1, -0.05) is 12.1 Å². The molecule has 0 saturated heterocycles. The number of anilines is 1. The zero-order valence-corrected chi connectivity index (χ0v) is 15.3. The largest absolute Gasteiger partial charge is 0.320 e. The van der Waals surface area contributed by atoms with Gasteiger partial charge < -0.3 is 5.32 Å². The fraction of sp³-hybridized carbons (Fsp3) is 0.0455. The minimum atomic E-state index is -0.716. The van der Waals surface area contributed by atoms with Gasteiger partial charge in [0.05, 0.1) is 16.6 Å². The summed E-state index contributed by atoms with van der Waals surface area (Å²) in [5, 5.41) is 7.14. The van der Waals surface area contributed by atoms with E-state index in [4.69, 9.17) is 0 Å². The molecule has 0 fully saturated rings. The average molecular weight is 391 g/mol. The molecule has 0 spiro atoms. The number of hydrogen-bond donors (Lipinski definition) is 1. The number of aromatic nitrogens is 2. The van der Waals surface area contributed by atoms with E-state index >= 15 is 0 Å². The highest BCUT2D eigenvalue weighted by Crippen LogP contribution is 2.18. The number of nitrogens with zero attached hydrogens (tertiary/aromatic N) is 2. The molecule has 29 heavy (non-hydrogen) atoms. The maximum atomic E-state index is 13.3. The van der Waals surface area contributed by atoms with Crippen LogP contribution < -0.4 is 10.7 Å². The molecule has 1 N–H and O–H groups in total. The van der Waals surface area contributed by atoms with Crippen molar-refractivity contribution in [3.63, 3.8) is 0 Å². The quantitative estimate of drug-likeness (QED) is 0.569. The van der Waals surface area contributed by atoms with Crippen LogP contribution in [-0.2, 0) is 0 Å². The van der Waals surface area contributed by atoms with Gasteiger partial charge in [0.25, 0.3) is 5.91 Å². The Morgan fingerprint density at radius 2 is 1.66 bits per heavy atom. The van der Waals surface area contributed by atoms with E-state index in [1.807, 2.05) is 0 Å². The minimum Gasteiger partial charge on any atom is -0.320 e. The molecule has 0 aliphatic heterocycles. The number of fused-ring (bicyclic) bond motifs is 1. The number of hydrogen-bond acceptors (Lipinski definition) is 3. The molecule has 144 valence electrons. The summed E-state index contributed by atoms with van der Waals surface area (Å²) < 4.78 is 28.1. The van der Waals surface area contributed by atoms with E-state index in [0.717, 1.165) is 0 Å². The second kappa shape index (κ2) is 7.27. The van der Waals surface area contributed by atoms with Crippen LogP contribution in [0, 0.1) is 18.6 Å². The first kappa shape index (κ1) is 18.5. The predicted octanol–water partition coefficient (Wildman–Crippen LogP) is 4.22. The third kappa shape index (κ3) is 3.50. The maximum absolute atomic E-state index is 13.3. The van der Waals surface area contributed by atoms with Crippen molar-refractivity contribution in [3.05, 3.63) is 99.8 Å². The summed E-state index contributed by atoms with van der Waals surface area (Å²) in [7, 11) is 0. The first-order valence-electron chi connectivity index (χ1n) is 8.79. The predicted molar refractivity (Wildman–Crippen MR) is 106 cm³/mol. The van der Waals surface area contributed by atoms with Crippen molar-refractivity contribution in [1.82, 2.24) is 9.78 Å². The molecule has 4 rings (SSSR count). The number of carbonyl (C=O) groups is 1. The standard InChI is InChI=1S/C22H15F2N3O2/c1-13-12-15(24)8-11-18(13)25-22(29)20-21(28)17-4-2-3-5-19(17)27(26-20)16-9-6-14(23)7-10-16/h2-12H,1H3,(H,25,29). The number of benzene rings is 3. The number of amides is 1. The Labute approximate surface area is 164 Å². The molecule has 1 amide bonds. The van der Waals surface area contributed by atoms with Crippen molar-refractivity contribution >= 4 is 22.5 Å². The van der Waals surface area contributed by atoms with Crippen molar-refractivity contribution in [1.29, 1.82) is 0 Å². The van der Waals surface area contributed by atoms with E-state index in [2.05, 4.69) is 10.4 Å². The monoisotopic (exact) mass is 391 g/mol. The van der Waals surface area contributed by atoms with Gasteiger partial charge in [0.1, 0.15) is 11.6 Å². The number of para-hydroxylation sites is 1. The molecule has 7 heteroatoms. The molecule has 4 aromatic rings. The molecule has 0 atom stereocenters. The molecular weight excluding hydrogens is 376 g/mol. The zero-order valence-electron chi connectivity index (χ0n) is 15.3. The second-order valence-electron chi connectivity index (χ2n) is 6.50. The highest BCUT2D eigenvalue weighted by Gasteiger charge is 2.19. The van der Waals surface area contributed by atoms with Gasteiger partial charge >= 0.3 is 0 Å². The van der Waals surface area contributed by atoms with Gasteiger partial charge in [0, 0.05) is 5.69 Å². The van der Waals surface area contributed by atoms with Gasteiger partial charge in [-0.15, -0.1) is 0 Å². The molecule has 1 heterocycles. The molecule has 0 bridgehead atoms. The molecule has 5 nitrogen and oxygen atoms in total. The summed E-state index contributed by atoms with van der Waals surface area (Å²) in [5.41, 5.74) is 1.01. The number of nitrogens with one attached hydrogen (secondary N) is 1. The van der Waals surface area contributed by atoms with E-state index < -0.39 is 23.0 Å². The van der Waals surface area contributed by atoms with Crippen LogP contribution in [-0.4, -0.2) is 15.7 Å². The van der Waals surface area contributed by atoms with Crippen molar-refractivity contribution in [2.45, 2.75) is 6.92 Å². The molecule has 0 unspecified atom stereocenters. The Kier molecular flexibility index (Phi) is 4.64. The zero-order chi connectivity index (χ0) is 20.5. The molecular formula is C22H15F2N3O2. The second-order valence-corrected chi connectivity index (χ2v) is 6.50. The highest BCUT2D eigenvalue weighted by molar-refractivity contribution is 6.04. The van der Waals surface area contributed by atoms with Gasteiger partial charge in [-0.3, -0.25) is 9.59 Å². The van der Waals surface area contributed by atoms with Crippen LogP contribution >= 0.6 is 0 Å². The van der Waals surface area contributed by atoms with E-state index in [1.54, 1.807) is 31.2 Å². The molecule has 0 radical (unpaired) electrons. The third-order valence-electron chi connectivity index (χ3n) is 4.51. The molecule has 1 aromatic heterocycles. The van der Waals surface area contributed by atoms with Gasteiger partial charge in [-0.25, -0.2) is 13.5 Å². The first-order valence-corrected chi connectivity index (χ1v) is 8.79. The fourth-order valence-corrected chi connectivity index (χ4v) is 3.05. The van der Waals surface area contributed by atoms with Gasteiger partial charge in [-0.05, 0) is 67.1 Å². The Balaban J connectivity index is 1.86. The van der Waals surface area contributed by atoms with E-state index in [9.17, 15) is 18.4 Å². The number of aryl methyl sites for hydroxylation is 1. The smallest absolute Gasteiger partial charge is 0.280 e. The topological polar surface area (TPSA) is 64.0 Å². The van der Waals surface area contributed by atoms with E-state index in [0.29, 0.717) is 27.8 Å². The number of carbonyl (C=O) groups excluding carboxylic acids is 1. The Morgan fingerprint density at radius 1 is 0.966 bits per heavy atom. The molecule has 0 saturated carbocycles. The summed E-state index contributed by atoms with van der Waals surface area (Å²) in [4.78, 5) is 25.7. The lowest BCUT2D eigenvalue weighted by molar-refractivity contribution is 0.102. The molecule has 0 aliphatic carbocycles. The van der Waals surface area contributed by atoms with Crippen molar-refractivity contribution in [3.8, 4) is 5.69 Å². The first-order chi connectivity index (χ1) is 13.9. The van der Waals surface area contributed by atoms with Crippen molar-refractivity contribution in [2.75, 3.05) is 5.32 Å². The summed E-state index contributed by atoms with van der Waals surface area (Å²) in [6.45, 7) is 1.64. The Morgan fingerprint density at radius 3 is 2.38 bits per heavy atom. The minimum absolute atomic E-state index is 0.299. The lowest BCUT2D eigenvalue weighted by Crippen LogP contribution is -2.27. The Hall–Kier alpha value is -3.87. The van der Waals surface area contributed by atoms with Gasteiger partial charge in [0.2, 0.25) is 5.43 Å². The van der Waals surface area contributed by atoms with Crippen LogP contribution in [0.1, 0.15) is 16.1 Å². The Bertz CT molecular complexity index is 1300. The van der Waals surface area contributed by atoms with Gasteiger partial charge in [-0.2, -0.15) is 5.10 Å². The maximum Gasteiger partial charge on any atom is 0.280 e. The lowest BCUT2D eigenvalue weighted by Gasteiger charge is -2.13. The SMILES string of the molecule is Cc1cc(F)ccc1NC(=O)c1nn(-c2ccc(F)cc2)c2ccccc2c1=O. The number of rotatable bonds is 3. The van der Waals surface area contributed by atoms with Crippen LogP contribution in [0.2, 0.25) is 0 Å². The van der Waals surface area contributed by atoms with Crippen molar-refractivity contribution < 1.29 is 13.6 Å². The fourth-order valence-electron chi connectivity index (χ4n) is 3.05. The molecule has 3 aromatic carbocycles. The van der Waals surface area contributed by atoms with Crippen LogP contribution in [0.25, 0.3) is 16.6 Å². The summed E-state index contributed by atoms with van der Waals surface area (Å²) in [6, 6.07) is 16.2. The van der Waals surface area contributed by atoms with Crippen LogP contribution in [0.5, 0.6) is 0 Å². The van der Waals surface area contributed by atoms with Crippen LogP contribution in [0.15, 0.2) is 71.5 Å².